The Kier molecular flexibility index (Phi) is 5.79. The van der Waals surface area contributed by atoms with Crippen LogP contribution in [0, 0.1) is 6.92 Å². The molecule has 156 valence electrons. The molecule has 4 aromatic rings. The molecule has 0 saturated heterocycles. The van der Waals surface area contributed by atoms with Crippen LogP contribution < -0.4 is 16.3 Å². The lowest BCUT2D eigenvalue weighted by Gasteiger charge is -2.06. The lowest BCUT2D eigenvalue weighted by molar-refractivity contribution is 0.0950. The van der Waals surface area contributed by atoms with Crippen LogP contribution in [-0.2, 0) is 7.05 Å². The number of halogens is 1. The second kappa shape index (κ2) is 8.66. The third-order valence-corrected chi connectivity index (χ3v) is 5.82. The molecule has 2 aromatic carbocycles. The number of thiazole rings is 1. The van der Waals surface area contributed by atoms with Crippen molar-refractivity contribution in [3.05, 3.63) is 80.2 Å². The zero-order chi connectivity index (χ0) is 22.0. The summed E-state index contributed by atoms with van der Waals surface area (Å²) in [5, 5.41) is 13.0. The van der Waals surface area contributed by atoms with E-state index in [0.29, 0.717) is 20.8 Å². The first kappa shape index (κ1) is 20.7. The molecule has 0 unspecified atom stereocenters. The van der Waals surface area contributed by atoms with Gasteiger partial charge in [-0.3, -0.25) is 9.59 Å². The normalized spacial score (nSPS) is 11.2. The highest BCUT2D eigenvalue weighted by molar-refractivity contribution is 7.17. The maximum Gasteiger partial charge on any atom is 0.292 e. The number of nitrogens with one attached hydrogen (secondary N) is 2. The Morgan fingerprint density at radius 2 is 1.87 bits per heavy atom. The Hall–Kier alpha value is -3.56. The van der Waals surface area contributed by atoms with E-state index in [-0.39, 0.29) is 16.4 Å². The van der Waals surface area contributed by atoms with E-state index in [0.717, 1.165) is 15.9 Å². The summed E-state index contributed by atoms with van der Waals surface area (Å²) < 4.78 is 1.13. The van der Waals surface area contributed by atoms with Crippen LogP contribution in [-0.4, -0.2) is 26.9 Å². The number of anilines is 2. The molecule has 0 atom stereocenters. The van der Waals surface area contributed by atoms with Crippen molar-refractivity contribution in [2.45, 2.75) is 6.92 Å². The van der Waals surface area contributed by atoms with Crippen molar-refractivity contribution in [2.24, 2.45) is 12.1 Å². The standard InChI is InChI=1S/C21H17ClN6O2S/c1-12-7-3-6-10-15(12)24-21-25-18(22)16(31-21)11-23-26-19(29)17-13-8-4-5-9-14(13)20(30)28(2)27-17/h3-11H,1-2H3,(H,24,25)(H,26,29). The molecule has 0 bridgehead atoms. The second-order valence-electron chi connectivity index (χ2n) is 6.64. The van der Waals surface area contributed by atoms with Crippen LogP contribution in [0.2, 0.25) is 5.15 Å². The molecule has 1 amide bonds. The van der Waals surface area contributed by atoms with Crippen molar-refractivity contribution in [1.82, 2.24) is 20.2 Å². The molecule has 0 spiro atoms. The highest BCUT2D eigenvalue weighted by Crippen LogP contribution is 2.29. The van der Waals surface area contributed by atoms with Crippen LogP contribution in [0.25, 0.3) is 10.8 Å². The van der Waals surface area contributed by atoms with E-state index >= 15 is 0 Å². The number of fused-ring (bicyclic) bond motifs is 1. The Labute approximate surface area is 186 Å². The number of carbonyl (C=O) groups excluding carboxylic acids is 1. The van der Waals surface area contributed by atoms with E-state index in [2.05, 4.69) is 25.9 Å². The fraction of sp³-hybridized carbons (Fsp3) is 0.0952. The highest BCUT2D eigenvalue weighted by atomic mass is 35.5. The fourth-order valence-corrected chi connectivity index (χ4v) is 3.99. The molecule has 2 aromatic heterocycles. The molecular formula is C21H17ClN6O2S. The SMILES string of the molecule is Cc1ccccc1Nc1nc(Cl)c(C=NNC(=O)c2nn(C)c(=O)c3ccccc23)s1. The number of hydrogen-bond acceptors (Lipinski definition) is 7. The van der Waals surface area contributed by atoms with Gasteiger partial charge in [-0.15, -0.1) is 0 Å². The van der Waals surface area contributed by atoms with Gasteiger partial charge in [0.15, 0.2) is 16.0 Å². The van der Waals surface area contributed by atoms with Gasteiger partial charge in [0, 0.05) is 18.1 Å². The van der Waals surface area contributed by atoms with Gasteiger partial charge in [0.1, 0.15) is 0 Å². The molecule has 8 nitrogen and oxygen atoms in total. The molecule has 10 heteroatoms. The minimum atomic E-state index is -0.540. The Balaban J connectivity index is 1.52. The number of aryl methyl sites for hydroxylation is 2. The highest BCUT2D eigenvalue weighted by Gasteiger charge is 2.15. The maximum absolute atomic E-state index is 12.6. The molecule has 0 aliphatic heterocycles. The van der Waals surface area contributed by atoms with E-state index in [1.165, 1.54) is 24.6 Å². The van der Waals surface area contributed by atoms with Crippen LogP contribution in [0.1, 0.15) is 20.9 Å². The van der Waals surface area contributed by atoms with Crippen LogP contribution >= 0.6 is 22.9 Å². The first-order valence-corrected chi connectivity index (χ1v) is 10.4. The van der Waals surface area contributed by atoms with E-state index in [1.54, 1.807) is 24.3 Å². The summed E-state index contributed by atoms with van der Waals surface area (Å²) in [6.45, 7) is 1.99. The van der Waals surface area contributed by atoms with Gasteiger partial charge in [-0.25, -0.2) is 15.1 Å². The van der Waals surface area contributed by atoms with Crippen molar-refractivity contribution >= 4 is 56.7 Å². The van der Waals surface area contributed by atoms with Crippen molar-refractivity contribution in [1.29, 1.82) is 0 Å². The third-order valence-electron chi connectivity index (χ3n) is 4.52. The minimum absolute atomic E-state index is 0.104. The Bertz CT molecular complexity index is 1380. The average molecular weight is 453 g/mol. The molecular weight excluding hydrogens is 436 g/mol. The van der Waals surface area contributed by atoms with Gasteiger partial charge >= 0.3 is 0 Å². The van der Waals surface area contributed by atoms with Crippen molar-refractivity contribution < 1.29 is 4.79 Å². The largest absolute Gasteiger partial charge is 0.331 e. The van der Waals surface area contributed by atoms with Gasteiger partial charge in [0.2, 0.25) is 0 Å². The van der Waals surface area contributed by atoms with Crippen LogP contribution in [0.3, 0.4) is 0 Å². The predicted octanol–water partition coefficient (Wildman–Crippen LogP) is 3.86. The van der Waals surface area contributed by atoms with E-state index in [9.17, 15) is 9.59 Å². The summed E-state index contributed by atoms with van der Waals surface area (Å²) in [5.74, 6) is -0.540. The molecule has 0 aliphatic carbocycles. The number of benzene rings is 2. The van der Waals surface area contributed by atoms with Crippen LogP contribution in [0.5, 0.6) is 0 Å². The number of rotatable bonds is 5. The first-order valence-electron chi connectivity index (χ1n) is 9.22. The van der Waals surface area contributed by atoms with Gasteiger partial charge in [-0.05, 0) is 24.6 Å². The summed E-state index contributed by atoms with van der Waals surface area (Å²) in [4.78, 5) is 29.7. The molecule has 0 aliphatic rings. The number of hydrazone groups is 1. The summed E-state index contributed by atoms with van der Waals surface area (Å²) in [5.41, 5.74) is 4.27. The lowest BCUT2D eigenvalue weighted by atomic mass is 10.1. The monoisotopic (exact) mass is 452 g/mol. The second-order valence-corrected chi connectivity index (χ2v) is 8.02. The third kappa shape index (κ3) is 4.32. The maximum atomic E-state index is 12.6. The average Bonchev–Trinajstić information content (AvgIpc) is 3.11. The minimum Gasteiger partial charge on any atom is -0.331 e. The molecule has 0 fully saturated rings. The molecule has 4 rings (SSSR count). The number of para-hydroxylation sites is 1. The molecule has 2 N–H and O–H groups in total. The van der Waals surface area contributed by atoms with E-state index < -0.39 is 5.91 Å². The van der Waals surface area contributed by atoms with Crippen LogP contribution in [0.4, 0.5) is 10.8 Å². The summed E-state index contributed by atoms with van der Waals surface area (Å²) in [7, 11) is 1.49. The summed E-state index contributed by atoms with van der Waals surface area (Å²) in [6.07, 6.45) is 1.42. The van der Waals surface area contributed by atoms with Crippen molar-refractivity contribution in [2.75, 3.05) is 5.32 Å². The summed E-state index contributed by atoms with van der Waals surface area (Å²) in [6, 6.07) is 14.6. The number of amides is 1. The van der Waals surface area contributed by atoms with Gasteiger partial charge in [0.25, 0.3) is 11.5 Å². The van der Waals surface area contributed by atoms with E-state index in [1.807, 2.05) is 31.2 Å². The van der Waals surface area contributed by atoms with Gasteiger partial charge in [-0.1, -0.05) is 59.3 Å². The van der Waals surface area contributed by atoms with Gasteiger partial charge in [-0.2, -0.15) is 10.2 Å². The molecule has 2 heterocycles. The number of carbonyl (C=O) groups is 1. The Morgan fingerprint density at radius 1 is 1.16 bits per heavy atom. The number of aromatic nitrogens is 3. The van der Waals surface area contributed by atoms with E-state index in [4.69, 9.17) is 11.6 Å². The van der Waals surface area contributed by atoms with Crippen molar-refractivity contribution in [3.63, 3.8) is 0 Å². The zero-order valence-corrected chi connectivity index (χ0v) is 18.2. The topological polar surface area (TPSA) is 101 Å². The van der Waals surface area contributed by atoms with Crippen LogP contribution in [0.15, 0.2) is 58.4 Å². The molecule has 0 saturated carbocycles. The van der Waals surface area contributed by atoms with Gasteiger partial charge in [0.05, 0.1) is 16.5 Å². The fourth-order valence-electron chi connectivity index (χ4n) is 2.94. The van der Waals surface area contributed by atoms with Gasteiger partial charge < -0.3 is 5.32 Å². The predicted molar refractivity (Wildman–Crippen MR) is 124 cm³/mol. The molecule has 31 heavy (non-hydrogen) atoms. The first-order chi connectivity index (χ1) is 14.9. The number of nitrogens with zero attached hydrogens (tertiary/aromatic N) is 4. The quantitative estimate of drug-likeness (QED) is 0.353. The Morgan fingerprint density at radius 3 is 2.65 bits per heavy atom. The smallest absolute Gasteiger partial charge is 0.292 e. The molecule has 0 radical (unpaired) electrons. The number of hydrogen-bond donors (Lipinski definition) is 2. The van der Waals surface area contributed by atoms with Crippen molar-refractivity contribution in [3.8, 4) is 0 Å². The zero-order valence-electron chi connectivity index (χ0n) is 16.6. The lowest BCUT2D eigenvalue weighted by Crippen LogP contribution is -2.27. The summed E-state index contributed by atoms with van der Waals surface area (Å²) >= 11 is 7.51.